The lowest BCUT2D eigenvalue weighted by atomic mass is 10.1. The van der Waals surface area contributed by atoms with Gasteiger partial charge in [0.2, 0.25) is 10.0 Å². The maximum absolute atomic E-state index is 12.9. The maximum atomic E-state index is 12.9. The summed E-state index contributed by atoms with van der Waals surface area (Å²) in [5.74, 6) is 0. The van der Waals surface area contributed by atoms with Gasteiger partial charge < -0.3 is 4.90 Å². The van der Waals surface area contributed by atoms with E-state index in [1.807, 2.05) is 0 Å². The van der Waals surface area contributed by atoms with E-state index < -0.39 is 10.0 Å². The molecular weight excluding hydrogens is 379 g/mol. The van der Waals surface area contributed by atoms with Crippen LogP contribution in [0, 0.1) is 13.8 Å². The van der Waals surface area contributed by atoms with Gasteiger partial charge in [0.25, 0.3) is 0 Å². The van der Waals surface area contributed by atoms with E-state index in [4.69, 9.17) is 23.2 Å². The quantitative estimate of drug-likeness (QED) is 0.780. The molecule has 1 fully saturated rings. The summed E-state index contributed by atoms with van der Waals surface area (Å²) in [6.45, 7) is 6.28. The SMILES string of the molecule is Cc1ccc(C)c(N2CCN(S(=O)(=O)c3ccc(Cl)cc3Cl)CC2)c1. The molecule has 3 rings (SSSR count). The molecule has 7 heteroatoms. The lowest BCUT2D eigenvalue weighted by Gasteiger charge is -2.36. The molecule has 25 heavy (non-hydrogen) atoms. The van der Waals surface area contributed by atoms with Gasteiger partial charge in [-0.25, -0.2) is 8.42 Å². The maximum Gasteiger partial charge on any atom is 0.244 e. The minimum atomic E-state index is -3.62. The van der Waals surface area contributed by atoms with Crippen molar-refractivity contribution in [3.63, 3.8) is 0 Å². The normalized spacial score (nSPS) is 16.2. The van der Waals surface area contributed by atoms with Crippen molar-refractivity contribution in [2.45, 2.75) is 18.7 Å². The minimum absolute atomic E-state index is 0.110. The Labute approximate surface area is 159 Å². The van der Waals surface area contributed by atoms with Crippen molar-refractivity contribution in [1.82, 2.24) is 4.31 Å². The number of sulfonamides is 1. The van der Waals surface area contributed by atoms with E-state index in [2.05, 4.69) is 36.9 Å². The highest BCUT2D eigenvalue weighted by Gasteiger charge is 2.30. The summed E-state index contributed by atoms with van der Waals surface area (Å²) >= 11 is 12.0. The van der Waals surface area contributed by atoms with Crippen molar-refractivity contribution in [1.29, 1.82) is 0 Å². The van der Waals surface area contributed by atoms with Crippen LogP contribution in [0.2, 0.25) is 10.0 Å². The molecule has 0 aliphatic carbocycles. The summed E-state index contributed by atoms with van der Waals surface area (Å²) in [4.78, 5) is 2.34. The lowest BCUT2D eigenvalue weighted by molar-refractivity contribution is 0.385. The molecule has 0 amide bonds. The van der Waals surface area contributed by atoms with E-state index in [9.17, 15) is 8.42 Å². The Morgan fingerprint density at radius 1 is 0.920 bits per heavy atom. The summed E-state index contributed by atoms with van der Waals surface area (Å²) in [7, 11) is -3.62. The first-order valence-corrected chi connectivity index (χ1v) is 10.3. The van der Waals surface area contributed by atoms with Crippen LogP contribution >= 0.6 is 23.2 Å². The van der Waals surface area contributed by atoms with Crippen molar-refractivity contribution in [2.75, 3.05) is 31.1 Å². The molecule has 1 heterocycles. The zero-order chi connectivity index (χ0) is 18.2. The molecule has 1 aliphatic heterocycles. The predicted octanol–water partition coefficient (Wildman–Crippen LogP) is 4.12. The van der Waals surface area contributed by atoms with Crippen molar-refractivity contribution in [3.05, 3.63) is 57.6 Å². The Bertz CT molecular complexity index is 892. The van der Waals surface area contributed by atoms with Crippen LogP contribution in [0.1, 0.15) is 11.1 Å². The van der Waals surface area contributed by atoms with Gasteiger partial charge in [0.15, 0.2) is 0 Å². The lowest BCUT2D eigenvalue weighted by Crippen LogP contribution is -2.48. The van der Waals surface area contributed by atoms with Gasteiger partial charge in [-0.1, -0.05) is 35.3 Å². The predicted molar refractivity (Wildman–Crippen MR) is 103 cm³/mol. The average molecular weight is 399 g/mol. The number of hydrogen-bond donors (Lipinski definition) is 0. The molecule has 0 N–H and O–H groups in total. The number of benzene rings is 2. The number of halogens is 2. The Morgan fingerprint density at radius 2 is 1.60 bits per heavy atom. The molecule has 4 nitrogen and oxygen atoms in total. The summed E-state index contributed by atoms with van der Waals surface area (Å²) < 4.78 is 27.2. The molecule has 0 unspecified atom stereocenters. The molecular formula is C18H20Cl2N2O2S. The third-order valence-electron chi connectivity index (χ3n) is 4.46. The monoisotopic (exact) mass is 398 g/mol. The smallest absolute Gasteiger partial charge is 0.244 e. The van der Waals surface area contributed by atoms with Gasteiger partial charge in [0.1, 0.15) is 4.90 Å². The van der Waals surface area contributed by atoms with E-state index >= 15 is 0 Å². The van der Waals surface area contributed by atoms with Gasteiger partial charge in [0.05, 0.1) is 5.02 Å². The Hall–Kier alpha value is -1.27. The van der Waals surface area contributed by atoms with Crippen LogP contribution in [0.3, 0.4) is 0 Å². The second kappa shape index (κ2) is 7.16. The van der Waals surface area contributed by atoms with Crippen molar-refractivity contribution in [3.8, 4) is 0 Å². The van der Waals surface area contributed by atoms with Gasteiger partial charge in [-0.05, 0) is 49.2 Å². The van der Waals surface area contributed by atoms with Crippen LogP contribution in [0.15, 0.2) is 41.3 Å². The van der Waals surface area contributed by atoms with E-state index in [1.54, 1.807) is 6.07 Å². The van der Waals surface area contributed by atoms with Gasteiger partial charge in [-0.2, -0.15) is 4.31 Å². The standard InChI is InChI=1S/C18H20Cl2N2O2S/c1-13-3-4-14(2)17(11-13)21-7-9-22(10-8-21)25(23,24)18-6-5-15(19)12-16(18)20/h3-6,11-12H,7-10H2,1-2H3. The van der Waals surface area contributed by atoms with E-state index in [0.717, 1.165) is 0 Å². The van der Waals surface area contributed by atoms with Crippen LogP contribution in [0.5, 0.6) is 0 Å². The number of anilines is 1. The van der Waals surface area contributed by atoms with Crippen LogP contribution in [0.4, 0.5) is 5.69 Å². The van der Waals surface area contributed by atoms with Crippen LogP contribution in [0.25, 0.3) is 0 Å². The second-order valence-electron chi connectivity index (χ2n) is 6.26. The Morgan fingerprint density at radius 3 is 2.24 bits per heavy atom. The van der Waals surface area contributed by atoms with E-state index in [-0.39, 0.29) is 9.92 Å². The average Bonchev–Trinajstić information content (AvgIpc) is 2.57. The molecule has 0 atom stereocenters. The fourth-order valence-corrected chi connectivity index (χ4v) is 5.22. The fraction of sp³-hybridized carbons (Fsp3) is 0.333. The van der Waals surface area contributed by atoms with Crippen LogP contribution in [-0.4, -0.2) is 38.9 Å². The van der Waals surface area contributed by atoms with Crippen molar-refractivity contribution >= 4 is 38.9 Å². The zero-order valence-corrected chi connectivity index (χ0v) is 16.5. The summed E-state index contributed by atoms with van der Waals surface area (Å²) in [6, 6.07) is 10.8. The molecule has 0 saturated carbocycles. The van der Waals surface area contributed by atoms with Crippen molar-refractivity contribution < 1.29 is 8.42 Å². The third kappa shape index (κ3) is 3.80. The minimum Gasteiger partial charge on any atom is -0.369 e. The molecule has 1 saturated heterocycles. The topological polar surface area (TPSA) is 40.6 Å². The molecule has 1 aliphatic rings. The number of hydrogen-bond acceptors (Lipinski definition) is 3. The highest BCUT2D eigenvalue weighted by Crippen LogP contribution is 2.29. The second-order valence-corrected chi connectivity index (χ2v) is 9.01. The van der Waals surface area contributed by atoms with Gasteiger partial charge >= 0.3 is 0 Å². The van der Waals surface area contributed by atoms with Gasteiger partial charge in [0, 0.05) is 36.9 Å². The zero-order valence-electron chi connectivity index (χ0n) is 14.2. The van der Waals surface area contributed by atoms with Gasteiger partial charge in [-0.15, -0.1) is 0 Å². The van der Waals surface area contributed by atoms with Gasteiger partial charge in [-0.3, -0.25) is 0 Å². The number of nitrogens with zero attached hydrogens (tertiary/aromatic N) is 2. The highest BCUT2D eigenvalue weighted by molar-refractivity contribution is 7.89. The first-order chi connectivity index (χ1) is 11.8. The van der Waals surface area contributed by atoms with E-state index in [0.29, 0.717) is 31.2 Å². The fourth-order valence-electron chi connectivity index (χ4n) is 3.05. The molecule has 0 radical (unpaired) electrons. The number of piperazine rings is 1. The molecule has 2 aromatic carbocycles. The molecule has 0 spiro atoms. The summed E-state index contributed by atoms with van der Waals surface area (Å²) in [5.41, 5.74) is 3.56. The van der Waals surface area contributed by atoms with E-state index in [1.165, 1.54) is 33.3 Å². The summed E-state index contributed by atoms with van der Waals surface area (Å²) in [5, 5.41) is 0.577. The number of rotatable bonds is 3. The molecule has 2 aromatic rings. The Kier molecular flexibility index (Phi) is 5.30. The first-order valence-electron chi connectivity index (χ1n) is 8.06. The van der Waals surface area contributed by atoms with Crippen molar-refractivity contribution in [2.24, 2.45) is 0 Å². The molecule has 134 valence electrons. The Balaban J connectivity index is 1.78. The third-order valence-corrected chi connectivity index (χ3v) is 7.07. The molecule has 0 aromatic heterocycles. The highest BCUT2D eigenvalue weighted by atomic mass is 35.5. The largest absolute Gasteiger partial charge is 0.369 e. The summed E-state index contributed by atoms with van der Waals surface area (Å²) in [6.07, 6.45) is 0. The van der Waals surface area contributed by atoms with Crippen LogP contribution < -0.4 is 4.90 Å². The van der Waals surface area contributed by atoms with Crippen LogP contribution in [-0.2, 0) is 10.0 Å². The number of aryl methyl sites for hydroxylation is 2. The molecule has 0 bridgehead atoms. The first kappa shape index (κ1) is 18.5.